The molecule has 0 fully saturated rings. The zero-order valence-electron chi connectivity index (χ0n) is 8.10. The number of hydrogen-bond donors (Lipinski definition) is 1. The molecule has 0 aliphatic heterocycles. The normalized spacial score (nSPS) is 10.5. The third-order valence-electron chi connectivity index (χ3n) is 2.13. The number of nitrogens with zero attached hydrogens (tertiary/aromatic N) is 3. The van der Waals surface area contributed by atoms with Crippen LogP contribution in [0.25, 0.3) is 5.69 Å². The van der Waals surface area contributed by atoms with Gasteiger partial charge in [0.25, 0.3) is 0 Å². The van der Waals surface area contributed by atoms with Crippen molar-refractivity contribution in [1.29, 1.82) is 0 Å². The summed E-state index contributed by atoms with van der Waals surface area (Å²) >= 11 is 3.44. The molecule has 4 nitrogen and oxygen atoms in total. The van der Waals surface area contributed by atoms with E-state index in [0.717, 1.165) is 16.6 Å². The second-order valence-electron chi connectivity index (χ2n) is 3.15. The molecule has 0 spiro atoms. The van der Waals surface area contributed by atoms with Crippen molar-refractivity contribution >= 4 is 15.9 Å². The van der Waals surface area contributed by atoms with Crippen LogP contribution in [0.2, 0.25) is 0 Å². The first-order chi connectivity index (χ1) is 7.31. The maximum absolute atomic E-state index is 5.56. The summed E-state index contributed by atoms with van der Waals surface area (Å²) in [5, 5.41) is 4.11. The Kier molecular flexibility index (Phi) is 3.13. The van der Waals surface area contributed by atoms with Gasteiger partial charge in [0, 0.05) is 4.47 Å². The third kappa shape index (κ3) is 2.24. The summed E-state index contributed by atoms with van der Waals surface area (Å²) < 4.78 is 2.77. The number of aromatic nitrogens is 3. The Morgan fingerprint density at radius 1 is 1.40 bits per heavy atom. The summed E-state index contributed by atoms with van der Waals surface area (Å²) in [6, 6.07) is 6.07. The van der Waals surface area contributed by atoms with E-state index in [2.05, 4.69) is 26.0 Å². The highest BCUT2D eigenvalue weighted by Gasteiger charge is 2.05. The molecule has 15 heavy (non-hydrogen) atoms. The maximum atomic E-state index is 5.56. The number of rotatable bonds is 3. The van der Waals surface area contributed by atoms with Crippen molar-refractivity contribution < 1.29 is 0 Å². The van der Waals surface area contributed by atoms with Gasteiger partial charge < -0.3 is 5.73 Å². The van der Waals surface area contributed by atoms with Crippen molar-refractivity contribution in [2.75, 3.05) is 6.54 Å². The highest BCUT2D eigenvalue weighted by atomic mass is 79.9. The topological polar surface area (TPSA) is 56.7 Å². The minimum Gasteiger partial charge on any atom is -0.330 e. The van der Waals surface area contributed by atoms with E-state index in [9.17, 15) is 0 Å². The van der Waals surface area contributed by atoms with Gasteiger partial charge in [-0.25, -0.2) is 9.67 Å². The average molecular weight is 267 g/mol. The Hall–Kier alpha value is -1.20. The van der Waals surface area contributed by atoms with Gasteiger partial charge in [-0.2, -0.15) is 5.10 Å². The molecule has 0 unspecified atom stereocenters. The van der Waals surface area contributed by atoms with Gasteiger partial charge in [0.2, 0.25) is 0 Å². The second kappa shape index (κ2) is 4.55. The molecular weight excluding hydrogens is 256 g/mol. The molecule has 5 heteroatoms. The van der Waals surface area contributed by atoms with E-state index in [-0.39, 0.29) is 0 Å². The predicted molar refractivity (Wildman–Crippen MR) is 61.8 cm³/mol. The Balaban J connectivity index is 2.47. The van der Waals surface area contributed by atoms with Crippen LogP contribution < -0.4 is 5.73 Å². The van der Waals surface area contributed by atoms with Gasteiger partial charge in [-0.3, -0.25) is 0 Å². The van der Waals surface area contributed by atoms with Crippen molar-refractivity contribution in [1.82, 2.24) is 14.8 Å². The largest absolute Gasteiger partial charge is 0.330 e. The molecule has 0 atom stereocenters. The van der Waals surface area contributed by atoms with Gasteiger partial charge in [0.05, 0.1) is 5.69 Å². The van der Waals surface area contributed by atoms with Crippen LogP contribution in [0.5, 0.6) is 0 Å². The van der Waals surface area contributed by atoms with Crippen molar-refractivity contribution in [3.63, 3.8) is 0 Å². The van der Waals surface area contributed by atoms with Crippen LogP contribution in [0.4, 0.5) is 0 Å². The highest BCUT2D eigenvalue weighted by Crippen LogP contribution is 2.19. The van der Waals surface area contributed by atoms with E-state index in [1.165, 1.54) is 11.9 Å². The molecule has 2 rings (SSSR count). The maximum Gasteiger partial charge on any atom is 0.138 e. The van der Waals surface area contributed by atoms with Crippen molar-refractivity contribution in [2.45, 2.75) is 6.42 Å². The minimum atomic E-state index is 0.628. The molecule has 0 saturated carbocycles. The summed E-state index contributed by atoms with van der Waals surface area (Å²) in [7, 11) is 0. The molecule has 1 heterocycles. The number of benzene rings is 1. The molecule has 78 valence electrons. The van der Waals surface area contributed by atoms with Crippen LogP contribution in [-0.2, 0) is 6.42 Å². The fourth-order valence-electron chi connectivity index (χ4n) is 1.45. The van der Waals surface area contributed by atoms with Gasteiger partial charge in [0.1, 0.15) is 12.7 Å². The van der Waals surface area contributed by atoms with Crippen LogP contribution in [0.1, 0.15) is 5.56 Å². The van der Waals surface area contributed by atoms with Gasteiger partial charge in [0.15, 0.2) is 0 Å². The molecule has 1 aromatic carbocycles. The molecule has 1 aromatic heterocycles. The van der Waals surface area contributed by atoms with E-state index >= 15 is 0 Å². The fourth-order valence-corrected chi connectivity index (χ4v) is 1.80. The first-order valence-corrected chi connectivity index (χ1v) is 5.44. The molecule has 2 aromatic rings. The molecule has 0 amide bonds. The van der Waals surface area contributed by atoms with Crippen molar-refractivity contribution in [2.24, 2.45) is 5.73 Å². The zero-order valence-corrected chi connectivity index (χ0v) is 9.68. The summed E-state index contributed by atoms with van der Waals surface area (Å²) in [5.74, 6) is 0. The van der Waals surface area contributed by atoms with Crippen LogP contribution in [0.15, 0.2) is 35.3 Å². The smallest absolute Gasteiger partial charge is 0.138 e. The zero-order chi connectivity index (χ0) is 10.7. The van der Waals surface area contributed by atoms with E-state index in [1.54, 1.807) is 11.0 Å². The summed E-state index contributed by atoms with van der Waals surface area (Å²) in [5.41, 5.74) is 7.76. The predicted octanol–water partition coefficient (Wildman–Crippen LogP) is 1.53. The lowest BCUT2D eigenvalue weighted by molar-refractivity contribution is 0.848. The Bertz CT molecular complexity index is 439. The summed E-state index contributed by atoms with van der Waals surface area (Å²) in [4.78, 5) is 3.93. The third-order valence-corrected chi connectivity index (χ3v) is 2.62. The standard InChI is InChI=1S/C10H11BrN4/c11-9-2-1-8(3-4-12)10(5-9)15-7-13-6-14-15/h1-2,5-7H,3-4,12H2. The van der Waals surface area contributed by atoms with E-state index < -0.39 is 0 Å². The summed E-state index contributed by atoms with van der Waals surface area (Å²) in [6.07, 6.45) is 4.04. The van der Waals surface area contributed by atoms with Gasteiger partial charge >= 0.3 is 0 Å². The number of hydrogen-bond acceptors (Lipinski definition) is 3. The lowest BCUT2D eigenvalue weighted by Gasteiger charge is -2.08. The molecule has 0 bridgehead atoms. The Morgan fingerprint density at radius 2 is 2.27 bits per heavy atom. The van der Waals surface area contributed by atoms with Gasteiger partial charge in [-0.15, -0.1) is 0 Å². The second-order valence-corrected chi connectivity index (χ2v) is 4.07. The Labute approximate surface area is 96.3 Å². The molecular formula is C10H11BrN4. The number of nitrogens with two attached hydrogens (primary N) is 1. The lowest BCUT2D eigenvalue weighted by atomic mass is 10.1. The van der Waals surface area contributed by atoms with Gasteiger partial charge in [-0.05, 0) is 30.7 Å². The highest BCUT2D eigenvalue weighted by molar-refractivity contribution is 9.10. The first-order valence-electron chi connectivity index (χ1n) is 4.65. The number of halogens is 1. The van der Waals surface area contributed by atoms with E-state index in [4.69, 9.17) is 5.73 Å². The van der Waals surface area contributed by atoms with Gasteiger partial charge in [-0.1, -0.05) is 22.0 Å². The summed E-state index contributed by atoms with van der Waals surface area (Å²) in [6.45, 7) is 0.628. The average Bonchev–Trinajstić information content (AvgIpc) is 2.74. The quantitative estimate of drug-likeness (QED) is 0.917. The van der Waals surface area contributed by atoms with Crippen LogP contribution in [-0.4, -0.2) is 21.3 Å². The Morgan fingerprint density at radius 3 is 2.93 bits per heavy atom. The van der Waals surface area contributed by atoms with Crippen LogP contribution in [0.3, 0.4) is 0 Å². The van der Waals surface area contributed by atoms with Crippen molar-refractivity contribution in [3.8, 4) is 5.69 Å². The minimum absolute atomic E-state index is 0.628. The van der Waals surface area contributed by atoms with E-state index in [0.29, 0.717) is 6.54 Å². The fraction of sp³-hybridized carbons (Fsp3) is 0.200. The molecule has 0 aliphatic rings. The molecule has 0 radical (unpaired) electrons. The lowest BCUT2D eigenvalue weighted by Crippen LogP contribution is -2.07. The molecule has 2 N–H and O–H groups in total. The molecule has 0 saturated heterocycles. The molecule has 0 aliphatic carbocycles. The van der Waals surface area contributed by atoms with E-state index in [1.807, 2.05) is 18.2 Å². The van der Waals surface area contributed by atoms with Crippen LogP contribution in [0, 0.1) is 0 Å². The monoisotopic (exact) mass is 266 g/mol. The first kappa shape index (κ1) is 10.3. The SMILES string of the molecule is NCCc1ccc(Br)cc1-n1cncn1. The van der Waals surface area contributed by atoms with Crippen LogP contribution >= 0.6 is 15.9 Å². The van der Waals surface area contributed by atoms with Crippen molar-refractivity contribution in [3.05, 3.63) is 40.9 Å².